The highest BCUT2D eigenvalue weighted by molar-refractivity contribution is 5.13. The van der Waals surface area contributed by atoms with Gasteiger partial charge in [0.05, 0.1) is 11.7 Å². The molecule has 0 aromatic carbocycles. The van der Waals surface area contributed by atoms with Crippen LogP contribution in [0.5, 0.6) is 0 Å². The summed E-state index contributed by atoms with van der Waals surface area (Å²) in [4.78, 5) is 0. The number of fused-ring (bicyclic) bond motifs is 5. The van der Waals surface area contributed by atoms with Crippen molar-refractivity contribution in [3.63, 3.8) is 0 Å². The van der Waals surface area contributed by atoms with Gasteiger partial charge in [-0.1, -0.05) is 20.8 Å². The van der Waals surface area contributed by atoms with Crippen LogP contribution in [0.4, 0.5) is 0 Å². The van der Waals surface area contributed by atoms with Crippen LogP contribution in [0.1, 0.15) is 79.1 Å². The molecule has 1 unspecified atom stereocenters. The van der Waals surface area contributed by atoms with E-state index in [0.29, 0.717) is 35.5 Å². The SMILES string of the molecule is C[C@H](CO)[C@H]1CC[C@H]2[C@@H]3CC[C@@H]4C[C@@](C)(O)CC[C@]4(C)[C@H]3C(O)C[C@]12C. The van der Waals surface area contributed by atoms with Crippen LogP contribution in [0.25, 0.3) is 0 Å². The first-order valence-corrected chi connectivity index (χ1v) is 11.1. The number of aliphatic hydroxyl groups is 3. The second kappa shape index (κ2) is 6.19. The normalized spacial score (nSPS) is 57.8. The molecule has 0 aromatic heterocycles. The summed E-state index contributed by atoms with van der Waals surface area (Å²) in [5.74, 6) is 3.17. The quantitative estimate of drug-likeness (QED) is 0.694. The van der Waals surface area contributed by atoms with Crippen molar-refractivity contribution >= 4 is 0 Å². The summed E-state index contributed by atoms with van der Waals surface area (Å²) < 4.78 is 0. The van der Waals surface area contributed by atoms with Crippen LogP contribution in [0.15, 0.2) is 0 Å². The van der Waals surface area contributed by atoms with Crippen molar-refractivity contribution in [3.8, 4) is 0 Å². The third-order valence-corrected chi connectivity index (χ3v) is 9.93. The molecule has 3 N–H and O–H groups in total. The molecule has 0 amide bonds. The fourth-order valence-corrected chi connectivity index (χ4v) is 8.66. The molecule has 4 rings (SSSR count). The molecule has 0 heterocycles. The molecule has 26 heavy (non-hydrogen) atoms. The Kier molecular flexibility index (Phi) is 4.57. The average molecular weight is 365 g/mol. The second-order valence-electron chi connectivity index (χ2n) is 11.4. The van der Waals surface area contributed by atoms with E-state index in [1.165, 1.54) is 25.7 Å². The Morgan fingerprint density at radius 1 is 0.962 bits per heavy atom. The van der Waals surface area contributed by atoms with Crippen LogP contribution in [0, 0.1) is 46.3 Å². The van der Waals surface area contributed by atoms with Crippen molar-refractivity contribution in [3.05, 3.63) is 0 Å². The minimum Gasteiger partial charge on any atom is -0.396 e. The van der Waals surface area contributed by atoms with Crippen molar-refractivity contribution < 1.29 is 15.3 Å². The molecule has 4 fully saturated rings. The number of rotatable bonds is 2. The summed E-state index contributed by atoms with van der Waals surface area (Å²) in [6.07, 6.45) is 8.46. The van der Waals surface area contributed by atoms with Gasteiger partial charge in [0.1, 0.15) is 0 Å². The molecule has 4 aliphatic rings. The molecule has 0 bridgehead atoms. The van der Waals surface area contributed by atoms with E-state index in [2.05, 4.69) is 20.8 Å². The summed E-state index contributed by atoms with van der Waals surface area (Å²) in [5.41, 5.74) is -0.140. The maximum absolute atomic E-state index is 11.4. The van der Waals surface area contributed by atoms with Crippen LogP contribution in [-0.2, 0) is 0 Å². The Morgan fingerprint density at radius 3 is 2.38 bits per heavy atom. The lowest BCUT2D eigenvalue weighted by Crippen LogP contribution is -2.60. The van der Waals surface area contributed by atoms with Gasteiger partial charge in [-0.15, -0.1) is 0 Å². The fraction of sp³-hybridized carbons (Fsp3) is 1.00. The lowest BCUT2D eigenvalue weighted by atomic mass is 9.43. The molecule has 0 spiro atoms. The summed E-state index contributed by atoms with van der Waals surface area (Å²) in [6.45, 7) is 9.31. The fourth-order valence-electron chi connectivity index (χ4n) is 8.66. The van der Waals surface area contributed by atoms with Crippen molar-refractivity contribution in [2.45, 2.75) is 90.8 Å². The first kappa shape index (κ1) is 19.2. The van der Waals surface area contributed by atoms with Crippen LogP contribution in [0.3, 0.4) is 0 Å². The molecular formula is C23H40O3. The monoisotopic (exact) mass is 364 g/mol. The zero-order valence-electron chi connectivity index (χ0n) is 17.2. The van der Waals surface area contributed by atoms with Crippen LogP contribution in [-0.4, -0.2) is 33.6 Å². The predicted molar refractivity (Wildman–Crippen MR) is 103 cm³/mol. The molecule has 4 aliphatic carbocycles. The maximum atomic E-state index is 11.4. The highest BCUT2D eigenvalue weighted by Crippen LogP contribution is 2.68. The van der Waals surface area contributed by atoms with Crippen LogP contribution >= 0.6 is 0 Å². The van der Waals surface area contributed by atoms with Gasteiger partial charge in [0, 0.05) is 6.61 Å². The van der Waals surface area contributed by atoms with E-state index < -0.39 is 5.60 Å². The molecule has 0 aliphatic heterocycles. The Hall–Kier alpha value is -0.120. The first-order chi connectivity index (χ1) is 12.1. The van der Waals surface area contributed by atoms with Crippen molar-refractivity contribution in [2.24, 2.45) is 46.3 Å². The molecule has 150 valence electrons. The Morgan fingerprint density at radius 2 is 1.69 bits per heavy atom. The molecule has 4 saturated carbocycles. The van der Waals surface area contributed by atoms with E-state index in [1.54, 1.807) is 0 Å². The summed E-state index contributed by atoms with van der Waals surface area (Å²) in [7, 11) is 0. The van der Waals surface area contributed by atoms with Gasteiger partial charge in [-0.2, -0.15) is 0 Å². The van der Waals surface area contributed by atoms with Gasteiger partial charge in [-0.3, -0.25) is 0 Å². The van der Waals surface area contributed by atoms with Gasteiger partial charge in [0.15, 0.2) is 0 Å². The van der Waals surface area contributed by atoms with E-state index >= 15 is 0 Å². The minimum absolute atomic E-state index is 0.187. The largest absolute Gasteiger partial charge is 0.396 e. The van der Waals surface area contributed by atoms with E-state index in [4.69, 9.17) is 0 Å². The molecule has 10 atom stereocenters. The van der Waals surface area contributed by atoms with Crippen LogP contribution in [0.2, 0.25) is 0 Å². The van der Waals surface area contributed by atoms with E-state index in [9.17, 15) is 15.3 Å². The van der Waals surface area contributed by atoms with Gasteiger partial charge in [-0.05, 0) is 105 Å². The van der Waals surface area contributed by atoms with Crippen molar-refractivity contribution in [1.82, 2.24) is 0 Å². The number of hydrogen-bond acceptors (Lipinski definition) is 3. The van der Waals surface area contributed by atoms with Gasteiger partial charge >= 0.3 is 0 Å². The van der Waals surface area contributed by atoms with Crippen LogP contribution < -0.4 is 0 Å². The zero-order valence-corrected chi connectivity index (χ0v) is 17.2. The molecule has 0 aromatic rings. The molecule has 0 saturated heterocycles. The lowest BCUT2D eigenvalue weighted by molar-refractivity contribution is -0.190. The van der Waals surface area contributed by atoms with Gasteiger partial charge in [0.25, 0.3) is 0 Å². The lowest BCUT2D eigenvalue weighted by Gasteiger charge is -2.63. The topological polar surface area (TPSA) is 60.7 Å². The van der Waals surface area contributed by atoms with Crippen molar-refractivity contribution in [2.75, 3.05) is 6.61 Å². The number of hydrogen-bond donors (Lipinski definition) is 3. The Labute approximate surface area is 159 Å². The summed E-state index contributed by atoms with van der Waals surface area (Å²) in [5, 5.41) is 31.8. The smallest absolute Gasteiger partial charge is 0.0622 e. The average Bonchev–Trinajstić information content (AvgIpc) is 2.91. The summed E-state index contributed by atoms with van der Waals surface area (Å²) >= 11 is 0. The second-order valence-corrected chi connectivity index (χ2v) is 11.4. The van der Waals surface area contributed by atoms with Gasteiger partial charge in [0.2, 0.25) is 0 Å². The van der Waals surface area contributed by atoms with E-state index in [-0.39, 0.29) is 23.5 Å². The van der Waals surface area contributed by atoms with Crippen molar-refractivity contribution in [1.29, 1.82) is 0 Å². The first-order valence-electron chi connectivity index (χ1n) is 11.1. The van der Waals surface area contributed by atoms with E-state index in [1.807, 2.05) is 6.92 Å². The Balaban J connectivity index is 1.64. The van der Waals surface area contributed by atoms with Gasteiger partial charge in [-0.25, -0.2) is 0 Å². The standard InChI is InChI=1S/C23H40O3/c1-14(13-24)17-7-8-18-16-6-5-15-11-21(2,26)9-10-22(15,3)20(16)19(25)12-23(17,18)4/h14-20,24-26H,5-13H2,1-4H3/t14-,15-,16+,17-,18+,19?,20-,21+,22+,23-/m1/s1. The Bertz CT molecular complexity index is 546. The maximum Gasteiger partial charge on any atom is 0.0622 e. The molecule has 3 heteroatoms. The van der Waals surface area contributed by atoms with E-state index in [0.717, 1.165) is 25.7 Å². The predicted octanol–water partition coefficient (Wildman–Crippen LogP) is 4.00. The minimum atomic E-state index is -0.514. The zero-order chi connectivity index (χ0) is 18.9. The third kappa shape index (κ3) is 2.63. The number of aliphatic hydroxyl groups excluding tert-OH is 2. The third-order valence-electron chi connectivity index (χ3n) is 9.93. The highest BCUT2D eigenvalue weighted by atomic mass is 16.3. The molecular weight excluding hydrogens is 324 g/mol. The summed E-state index contributed by atoms with van der Waals surface area (Å²) in [6, 6.07) is 0. The molecule has 0 radical (unpaired) electrons. The highest BCUT2D eigenvalue weighted by Gasteiger charge is 2.63. The molecule has 3 nitrogen and oxygen atoms in total. The van der Waals surface area contributed by atoms with Gasteiger partial charge < -0.3 is 15.3 Å².